The summed E-state index contributed by atoms with van der Waals surface area (Å²) in [6.45, 7) is 0. The number of hydrogen-bond donors (Lipinski definition) is 1. The summed E-state index contributed by atoms with van der Waals surface area (Å²) < 4.78 is 4.62. The van der Waals surface area contributed by atoms with Crippen LogP contribution < -0.4 is 0 Å². The van der Waals surface area contributed by atoms with Crippen LogP contribution in [0.4, 0.5) is 0 Å². The molecule has 2 aromatic heterocycles. The molecule has 1 N–H and O–H groups in total. The van der Waals surface area contributed by atoms with Gasteiger partial charge in [0.2, 0.25) is 0 Å². The van der Waals surface area contributed by atoms with E-state index >= 15 is 0 Å². The largest absolute Gasteiger partial charge is 0.357 e. The van der Waals surface area contributed by atoms with E-state index in [1.54, 1.807) is 6.20 Å². The van der Waals surface area contributed by atoms with Gasteiger partial charge in [0.05, 0.1) is 15.8 Å². The maximum absolute atomic E-state index is 10.5. The number of aromatic nitrogens is 2. The predicted octanol–water partition coefficient (Wildman–Crippen LogP) is 1.31. The zero-order valence-electron chi connectivity index (χ0n) is 5.87. The number of aldehydes is 1. The van der Waals surface area contributed by atoms with E-state index in [0.29, 0.717) is 16.8 Å². The number of nitriles is 1. The zero-order chi connectivity index (χ0) is 8.55. The zero-order valence-corrected chi connectivity index (χ0v) is 6.68. The first-order valence-corrected chi connectivity index (χ1v) is 3.96. The lowest BCUT2D eigenvalue weighted by atomic mass is 10.3. The fourth-order valence-corrected chi connectivity index (χ4v) is 1.77. The summed E-state index contributed by atoms with van der Waals surface area (Å²) in [4.78, 5) is 13.3. The van der Waals surface area contributed by atoms with Crippen molar-refractivity contribution >= 4 is 28.0 Å². The Morgan fingerprint density at radius 3 is 3.25 bits per heavy atom. The van der Waals surface area contributed by atoms with Gasteiger partial charge in [0.15, 0.2) is 12.0 Å². The number of nitrogens with zero attached hydrogens (tertiary/aromatic N) is 2. The van der Waals surface area contributed by atoms with E-state index < -0.39 is 0 Å². The highest BCUT2D eigenvalue weighted by Gasteiger charge is 2.10. The highest BCUT2D eigenvalue weighted by atomic mass is 32.1. The Morgan fingerprint density at radius 2 is 2.58 bits per heavy atom. The molecule has 0 aliphatic heterocycles. The molecule has 0 radical (unpaired) electrons. The topological polar surface area (TPSA) is 69.5 Å². The Morgan fingerprint density at radius 1 is 1.75 bits per heavy atom. The van der Waals surface area contributed by atoms with E-state index in [-0.39, 0.29) is 0 Å². The molecule has 0 aliphatic rings. The lowest BCUT2D eigenvalue weighted by Gasteiger charge is -1.73. The number of H-pyrrole nitrogens is 1. The number of rotatable bonds is 1. The van der Waals surface area contributed by atoms with E-state index in [1.807, 2.05) is 6.07 Å². The van der Waals surface area contributed by atoms with Crippen molar-refractivity contribution in [3.8, 4) is 6.07 Å². The molecule has 0 amide bonds. The maximum atomic E-state index is 10.5. The highest BCUT2D eigenvalue weighted by Crippen LogP contribution is 2.23. The number of nitrogens with one attached hydrogen (secondary N) is 1. The van der Waals surface area contributed by atoms with Crippen LogP contribution in [0, 0.1) is 11.3 Å². The second-order valence-corrected chi connectivity index (χ2v) is 2.98. The van der Waals surface area contributed by atoms with Crippen LogP contribution in [0.15, 0.2) is 6.20 Å². The molecule has 0 aliphatic carbocycles. The molecule has 0 saturated carbocycles. The quantitative estimate of drug-likeness (QED) is 0.667. The molecule has 0 unspecified atom stereocenters. The molecule has 0 fully saturated rings. The minimum Gasteiger partial charge on any atom is -0.357 e. The molecule has 58 valence electrons. The van der Waals surface area contributed by atoms with Gasteiger partial charge in [-0.25, -0.2) is 0 Å². The first-order chi connectivity index (χ1) is 5.86. The predicted molar refractivity (Wildman–Crippen MR) is 44.1 cm³/mol. The summed E-state index contributed by atoms with van der Waals surface area (Å²) >= 11 is 1.16. The minimum absolute atomic E-state index is 0.350. The van der Waals surface area contributed by atoms with Crippen molar-refractivity contribution in [2.45, 2.75) is 0 Å². The molecule has 2 aromatic rings. The molecule has 12 heavy (non-hydrogen) atoms. The van der Waals surface area contributed by atoms with Crippen molar-refractivity contribution in [2.75, 3.05) is 0 Å². The van der Waals surface area contributed by atoms with Crippen LogP contribution in [0.2, 0.25) is 0 Å². The lowest BCUT2D eigenvalue weighted by molar-refractivity contribution is 0.112. The summed E-state index contributed by atoms with van der Waals surface area (Å²) in [5, 5.41) is 8.59. The average Bonchev–Trinajstić information content (AvgIpc) is 2.62. The standard InChI is InChI=1S/C7H3N3OS/c8-1-5-6-7(12-10-5)4(3-11)2-9-6/h2-3,9H. The van der Waals surface area contributed by atoms with Crippen molar-refractivity contribution < 1.29 is 4.79 Å². The Labute approximate surface area is 71.6 Å². The molecule has 4 nitrogen and oxygen atoms in total. The van der Waals surface area contributed by atoms with E-state index in [9.17, 15) is 4.79 Å². The monoisotopic (exact) mass is 177 g/mol. The number of aromatic amines is 1. The fraction of sp³-hybridized carbons (Fsp3) is 0. The molecule has 2 rings (SSSR count). The third kappa shape index (κ3) is 0.756. The molecular formula is C7H3N3OS. The molecule has 0 aromatic carbocycles. The Hall–Kier alpha value is -1.67. The molecule has 2 heterocycles. The maximum Gasteiger partial charge on any atom is 0.178 e. The first-order valence-electron chi connectivity index (χ1n) is 3.19. The molecule has 5 heteroatoms. The van der Waals surface area contributed by atoms with E-state index in [1.165, 1.54) is 0 Å². The number of carbonyl (C=O) groups excluding carboxylic acids is 1. The van der Waals surface area contributed by atoms with Crippen LogP contribution in [-0.2, 0) is 0 Å². The Balaban J connectivity index is 2.84. The normalized spacial score (nSPS) is 9.92. The second-order valence-electron chi connectivity index (χ2n) is 2.21. The highest BCUT2D eigenvalue weighted by molar-refractivity contribution is 7.13. The van der Waals surface area contributed by atoms with E-state index in [0.717, 1.165) is 22.5 Å². The summed E-state index contributed by atoms with van der Waals surface area (Å²) in [7, 11) is 0. The lowest BCUT2D eigenvalue weighted by Crippen LogP contribution is -1.70. The molecule has 0 bridgehead atoms. The third-order valence-electron chi connectivity index (χ3n) is 1.56. The van der Waals surface area contributed by atoms with Gasteiger partial charge in [-0.15, -0.1) is 0 Å². The molecule has 0 saturated heterocycles. The van der Waals surface area contributed by atoms with Gasteiger partial charge in [-0.1, -0.05) is 0 Å². The summed E-state index contributed by atoms with van der Waals surface area (Å²) in [5.41, 5.74) is 1.57. The fourth-order valence-electron chi connectivity index (χ4n) is 1.00. The van der Waals surface area contributed by atoms with Crippen LogP contribution in [0.3, 0.4) is 0 Å². The SMILES string of the molecule is N#Cc1nsc2c(C=O)c[nH]c12. The van der Waals surface area contributed by atoms with Crippen molar-refractivity contribution in [3.05, 3.63) is 17.5 Å². The van der Waals surface area contributed by atoms with Crippen molar-refractivity contribution in [2.24, 2.45) is 0 Å². The molecule has 0 spiro atoms. The van der Waals surface area contributed by atoms with Crippen LogP contribution in [0.25, 0.3) is 10.2 Å². The Bertz CT molecular complexity index is 476. The van der Waals surface area contributed by atoms with Gasteiger partial charge in [-0.2, -0.15) is 9.64 Å². The van der Waals surface area contributed by atoms with Crippen LogP contribution in [0.1, 0.15) is 16.1 Å². The van der Waals surface area contributed by atoms with Gasteiger partial charge in [-0.05, 0) is 11.5 Å². The van der Waals surface area contributed by atoms with Crippen LogP contribution in [0.5, 0.6) is 0 Å². The summed E-state index contributed by atoms with van der Waals surface area (Å²) in [6, 6.07) is 1.94. The molecule has 0 atom stereocenters. The summed E-state index contributed by atoms with van der Waals surface area (Å²) in [5.74, 6) is 0. The molecular weight excluding hydrogens is 174 g/mol. The van der Waals surface area contributed by atoms with Gasteiger partial charge in [0.1, 0.15) is 6.07 Å². The van der Waals surface area contributed by atoms with Crippen molar-refractivity contribution in [1.29, 1.82) is 5.26 Å². The van der Waals surface area contributed by atoms with Gasteiger partial charge >= 0.3 is 0 Å². The van der Waals surface area contributed by atoms with Crippen LogP contribution >= 0.6 is 11.5 Å². The smallest absolute Gasteiger partial charge is 0.178 e. The van der Waals surface area contributed by atoms with Crippen molar-refractivity contribution in [3.63, 3.8) is 0 Å². The number of hydrogen-bond acceptors (Lipinski definition) is 4. The number of carbonyl (C=O) groups is 1. The summed E-state index contributed by atoms with van der Waals surface area (Å²) in [6.07, 6.45) is 2.33. The van der Waals surface area contributed by atoms with Gasteiger partial charge < -0.3 is 4.98 Å². The number of fused-ring (bicyclic) bond motifs is 1. The van der Waals surface area contributed by atoms with Crippen molar-refractivity contribution in [1.82, 2.24) is 9.36 Å². The van der Waals surface area contributed by atoms with Gasteiger partial charge in [0.25, 0.3) is 0 Å². The van der Waals surface area contributed by atoms with E-state index in [4.69, 9.17) is 5.26 Å². The third-order valence-corrected chi connectivity index (χ3v) is 2.46. The van der Waals surface area contributed by atoms with Crippen LogP contribution in [-0.4, -0.2) is 15.6 Å². The Kier molecular flexibility index (Phi) is 1.42. The van der Waals surface area contributed by atoms with Gasteiger partial charge in [-0.3, -0.25) is 4.79 Å². The minimum atomic E-state index is 0.350. The average molecular weight is 177 g/mol. The second kappa shape index (κ2) is 2.43. The first kappa shape index (κ1) is 7.00. The van der Waals surface area contributed by atoms with Gasteiger partial charge in [0, 0.05) is 6.20 Å². The van der Waals surface area contributed by atoms with E-state index in [2.05, 4.69) is 9.36 Å².